The monoisotopic (exact) mass is 1280 g/mol. The maximum atomic E-state index is 14.4. The Balaban J connectivity index is 1.18. The third kappa shape index (κ3) is 13.2. The molecular formula is C62H97N13O14P+. The largest absolute Gasteiger partial charge is 0.472 e. The summed E-state index contributed by atoms with van der Waals surface area (Å²) >= 11 is 0. The number of rotatable bonds is 26. The molecule has 6 aliphatic heterocycles. The molecule has 3 unspecified atom stereocenters. The maximum absolute atomic E-state index is 14.4. The van der Waals surface area contributed by atoms with Gasteiger partial charge >= 0.3 is 7.82 Å². The molecule has 8 bridgehead atoms. The van der Waals surface area contributed by atoms with Crippen molar-refractivity contribution in [2.75, 3.05) is 13.2 Å². The van der Waals surface area contributed by atoms with Crippen LogP contribution in [0.3, 0.4) is 0 Å². The third-order valence-electron chi connectivity index (χ3n) is 21.8. The minimum absolute atomic E-state index is 0.0176. The topological polar surface area (TPSA) is 461 Å². The number of allylic oxidation sites excluding steroid dienone is 3. The highest BCUT2D eigenvalue weighted by Crippen LogP contribution is 2.62. The summed E-state index contributed by atoms with van der Waals surface area (Å²) in [6.45, 7) is 20.1. The van der Waals surface area contributed by atoms with Gasteiger partial charge in [0.25, 0.3) is 0 Å². The van der Waals surface area contributed by atoms with Crippen LogP contribution in [0.1, 0.15) is 150 Å². The van der Waals surface area contributed by atoms with Crippen molar-refractivity contribution in [1.29, 1.82) is 0 Å². The Morgan fingerprint density at radius 1 is 0.733 bits per heavy atom. The molecule has 27 nitrogen and oxygen atoms in total. The number of phosphoric ester groups is 1. The lowest BCUT2D eigenvalue weighted by Gasteiger charge is -2.49. The van der Waals surface area contributed by atoms with Gasteiger partial charge in [-0.25, -0.2) is 9.55 Å². The van der Waals surface area contributed by atoms with Crippen LogP contribution in [0.2, 0.25) is 0 Å². The summed E-state index contributed by atoms with van der Waals surface area (Å²) in [6, 6.07) is 1.26. The van der Waals surface area contributed by atoms with E-state index < -0.39 is 156 Å². The molecule has 6 aliphatic rings. The lowest BCUT2D eigenvalue weighted by Crippen LogP contribution is -2.64. The van der Waals surface area contributed by atoms with Crippen molar-refractivity contribution in [3.63, 3.8) is 0 Å². The number of ether oxygens (including phenoxy) is 1. The van der Waals surface area contributed by atoms with E-state index in [1.165, 1.54) is 6.92 Å². The van der Waals surface area contributed by atoms with Gasteiger partial charge in [-0.1, -0.05) is 34.6 Å². The molecule has 0 saturated carbocycles. The van der Waals surface area contributed by atoms with Gasteiger partial charge in [-0.05, 0) is 125 Å². The minimum Gasteiger partial charge on any atom is -0.394 e. The zero-order chi connectivity index (χ0) is 66.7. The molecule has 21 N–H and O–H groups in total. The Hall–Kier alpha value is -6.45. The molecule has 90 heavy (non-hydrogen) atoms. The number of aliphatic hydroxyl groups is 2. The number of nitrogens with two attached hydrogens (primary N) is 6. The van der Waals surface area contributed by atoms with E-state index in [4.69, 9.17) is 48.2 Å². The van der Waals surface area contributed by atoms with Crippen molar-refractivity contribution in [3.05, 3.63) is 63.9 Å². The average molecular weight is 1280 g/mol. The molecule has 0 radical (unpaired) electrons. The van der Waals surface area contributed by atoms with Gasteiger partial charge in [0.05, 0.1) is 18.8 Å². The first kappa shape index (κ1) is 69.4. The van der Waals surface area contributed by atoms with E-state index in [-0.39, 0.29) is 76.7 Å². The van der Waals surface area contributed by atoms with Gasteiger partial charge in [0.1, 0.15) is 18.3 Å². The molecule has 1 aromatic carbocycles. The lowest BCUT2D eigenvalue weighted by atomic mass is 9.56. The second-order valence-electron chi connectivity index (χ2n) is 27.9. The van der Waals surface area contributed by atoms with Crippen LogP contribution in [0.15, 0.2) is 52.8 Å². The Morgan fingerprint density at radius 3 is 1.90 bits per heavy atom. The van der Waals surface area contributed by atoms with Crippen molar-refractivity contribution in [2.45, 2.75) is 207 Å². The van der Waals surface area contributed by atoms with Gasteiger partial charge in [-0.3, -0.25) is 42.6 Å². The highest BCUT2D eigenvalue weighted by Gasteiger charge is 2.68. The molecular weight excluding hydrogens is 1180 g/mol. The first-order valence-corrected chi connectivity index (χ1v) is 32.7. The molecule has 1 aromatic heterocycles. The van der Waals surface area contributed by atoms with Crippen LogP contribution < -0.4 is 65.6 Å². The normalized spacial score (nSPS) is 36.7. The number of hydrogen-bond donors (Lipinski definition) is 15. The third-order valence-corrected chi connectivity index (χ3v) is 22.9. The number of primary amides is 6. The zero-order valence-corrected chi connectivity index (χ0v) is 54.6. The van der Waals surface area contributed by atoms with Crippen molar-refractivity contribution >= 4 is 60.2 Å². The van der Waals surface area contributed by atoms with Gasteiger partial charge in [0.2, 0.25) is 53.9 Å². The van der Waals surface area contributed by atoms with E-state index in [2.05, 4.69) is 51.5 Å². The number of aryl methyl sites for hydroxylation is 2. The molecule has 8 rings (SSSR count). The fourth-order valence-corrected chi connectivity index (χ4v) is 17.9. The summed E-state index contributed by atoms with van der Waals surface area (Å²) in [5.41, 5.74) is 38.1. The quantitative estimate of drug-likeness (QED) is 0.0464. The molecule has 5 fully saturated rings. The Kier molecular flexibility index (Phi) is 20.0. The lowest BCUT2D eigenvalue weighted by molar-refractivity contribution is -0.743. The first-order valence-electron chi connectivity index (χ1n) is 31.2. The van der Waals surface area contributed by atoms with Gasteiger partial charge < -0.3 is 80.8 Å². The van der Waals surface area contributed by atoms with Crippen molar-refractivity contribution < 1.29 is 71.6 Å². The second-order valence-corrected chi connectivity index (χ2v) is 29.3. The van der Waals surface area contributed by atoms with E-state index in [9.17, 15) is 53.2 Å². The molecule has 5 saturated heterocycles. The number of aromatic nitrogens is 2. The van der Waals surface area contributed by atoms with Crippen LogP contribution >= 0.6 is 7.82 Å². The number of carbonyl (C=O) groups excluding carboxylic acids is 7. The SMILES string of the molecule is C/C1=C2/NC(/C=C3\N[C@H](/C(C)=C4\N[C@H]([C@H](CC(N)=O)[C@@]4(C)CCC(=O)NC[C@@H](C)OP(=O)(O)O[C@H]4[C@@H](O)[C@@H]([n+]5c[nH]c6cc(C)c(C)cc65)O[C@@H]4CO)[C@]4(C)NC1[C@@H](CCC(N)=O)[C@]4(C)CC(N)=O)[C@@H](CCC(N)=O)C3(C)C)[C@@H](CCC(N)=O)[C@]2(C)CC(N)=O. The number of amides is 7. The Morgan fingerprint density at radius 2 is 1.31 bits per heavy atom. The Bertz CT molecular complexity index is 3330. The maximum Gasteiger partial charge on any atom is 0.472 e. The number of fused-ring (bicyclic) bond motifs is 10. The van der Waals surface area contributed by atoms with Crippen LogP contribution in [0.5, 0.6) is 0 Å². The molecule has 498 valence electrons. The molecule has 18 atom stereocenters. The van der Waals surface area contributed by atoms with Crippen molar-refractivity contribution in [2.24, 2.45) is 79.7 Å². The number of imidazole rings is 1. The fraction of sp³-hybridized carbons (Fsp3) is 0.677. The molecule has 2 aromatic rings. The number of aliphatic hydroxyl groups excluding tert-OH is 2. The Labute approximate surface area is 525 Å². The van der Waals surface area contributed by atoms with Gasteiger partial charge in [0.15, 0.2) is 11.0 Å². The summed E-state index contributed by atoms with van der Waals surface area (Å²) in [5.74, 6) is -6.18. The first-order chi connectivity index (χ1) is 41.8. The minimum atomic E-state index is -5.04. The van der Waals surface area contributed by atoms with E-state index in [1.807, 2.05) is 67.5 Å². The van der Waals surface area contributed by atoms with Crippen LogP contribution in [-0.2, 0) is 51.9 Å². The standard InChI is InChI=1S/C62H96N13O14P/c1-29-20-39-40(21-30(29)2)75(28-70-39)57-52(84)53(41(27-76)87-57)89-90(85,86)88-31(3)26-69-49(83)18-19-59(8)37(22-46(66)80)56-62(11)61(10,25-48(68)82)36(14-17-45(65)79)51(74-62)33(5)55-60(9,24-47(67)81)34(12-15-43(63)77)38(71-55)23-42-58(6,7)35(13-16-44(64)78)50(72-42)32(4)54(59)73-56/h20-21,23,28,31,34-38,41,50-53,56-57,71-74,76,84H,12-19,22,24-27H2,1-11H3,(H14,63,64,65,66,67,68,69,77,78,79,80,81,82,83,85,86)/p+1/b42-23-,54-32-,55-33-/t31-,34-,35-,36-,37+,38?,41-,50-,51?,52-,53-,56-,57+,59-,60+,61+,62+/m1/s1. The number of hydrogen-bond acceptors (Lipinski definition) is 17. The fourth-order valence-electron chi connectivity index (χ4n) is 16.7. The average Bonchev–Trinajstić information content (AvgIpc) is 1.53. The van der Waals surface area contributed by atoms with Gasteiger partial charge in [-0.15, -0.1) is 0 Å². The molecule has 28 heteroatoms. The zero-order valence-electron chi connectivity index (χ0n) is 53.7. The predicted octanol–water partition coefficient (Wildman–Crippen LogP) is 1.13. The van der Waals surface area contributed by atoms with Crippen LogP contribution in [-0.4, -0.2) is 129 Å². The van der Waals surface area contributed by atoms with Crippen molar-refractivity contribution in [3.8, 4) is 0 Å². The summed E-state index contributed by atoms with van der Waals surface area (Å²) < 4.78 is 32.4. The second kappa shape index (κ2) is 25.9. The summed E-state index contributed by atoms with van der Waals surface area (Å²) in [7, 11) is -5.04. The molecule has 7 amide bonds. The number of benzene rings is 1. The summed E-state index contributed by atoms with van der Waals surface area (Å²) in [4.78, 5) is 108. The van der Waals surface area contributed by atoms with E-state index in [0.29, 0.717) is 23.3 Å². The summed E-state index contributed by atoms with van der Waals surface area (Å²) in [5, 5.41) is 40.2. The number of aromatic amines is 1. The van der Waals surface area contributed by atoms with Crippen LogP contribution in [0.4, 0.5) is 0 Å². The number of phosphoric acid groups is 1. The number of nitrogens with one attached hydrogen (secondary N) is 6. The van der Waals surface area contributed by atoms with E-state index in [0.717, 1.165) is 33.5 Å². The van der Waals surface area contributed by atoms with Gasteiger partial charge in [-0.2, -0.15) is 4.57 Å². The van der Waals surface area contributed by atoms with E-state index in [1.54, 1.807) is 10.9 Å². The highest BCUT2D eigenvalue weighted by atomic mass is 31.2. The van der Waals surface area contributed by atoms with Crippen LogP contribution in [0, 0.1) is 59.2 Å². The highest BCUT2D eigenvalue weighted by molar-refractivity contribution is 7.47. The summed E-state index contributed by atoms with van der Waals surface area (Å²) in [6.07, 6.45) is -2.93. The number of H-pyrrole nitrogens is 1. The van der Waals surface area contributed by atoms with Gasteiger partial charge in [0, 0.05) is 120 Å². The number of carbonyl (C=O) groups is 7. The smallest absolute Gasteiger partial charge is 0.394 e. The molecule has 0 spiro atoms. The number of nitrogens with zero attached hydrogens (tertiary/aromatic N) is 1. The molecule has 7 heterocycles. The van der Waals surface area contributed by atoms with Crippen LogP contribution in [0.25, 0.3) is 11.0 Å². The molecule has 0 aliphatic carbocycles. The van der Waals surface area contributed by atoms with Crippen molar-refractivity contribution in [1.82, 2.24) is 31.6 Å². The van der Waals surface area contributed by atoms with E-state index >= 15 is 0 Å². The predicted molar refractivity (Wildman–Crippen MR) is 331 cm³/mol.